The number of aromatic nitrogens is 4. The summed E-state index contributed by atoms with van der Waals surface area (Å²) in [5, 5.41) is 13.1. The summed E-state index contributed by atoms with van der Waals surface area (Å²) < 4.78 is 1.72. The largest absolute Gasteiger partial charge is 0.481 e. The lowest BCUT2D eigenvalue weighted by Crippen LogP contribution is -2.14. The smallest absolute Gasteiger partial charge is 0.307 e. The Morgan fingerprint density at radius 2 is 2.21 bits per heavy atom. The number of aryl methyl sites for hydroxylation is 1. The first-order chi connectivity index (χ1) is 8.91. The number of hydrogen-bond acceptors (Lipinski definition) is 4. The number of rotatable bonds is 3. The summed E-state index contributed by atoms with van der Waals surface area (Å²) in [6.45, 7) is 3.47. The third kappa shape index (κ3) is 2.43. The van der Waals surface area contributed by atoms with Gasteiger partial charge in [-0.3, -0.25) is 9.59 Å². The molecule has 0 unspecified atom stereocenters. The van der Waals surface area contributed by atoms with Crippen LogP contribution >= 0.6 is 15.9 Å². The van der Waals surface area contributed by atoms with Crippen molar-refractivity contribution >= 4 is 21.9 Å². The summed E-state index contributed by atoms with van der Waals surface area (Å²) in [4.78, 5) is 28.8. The monoisotopic (exact) mass is 326 g/mol. The molecule has 0 aliphatic heterocycles. The van der Waals surface area contributed by atoms with Gasteiger partial charge in [0.25, 0.3) is 5.56 Å². The first-order valence-corrected chi connectivity index (χ1v) is 6.21. The zero-order chi connectivity index (χ0) is 14.2. The minimum absolute atomic E-state index is 0.113. The van der Waals surface area contributed by atoms with E-state index in [2.05, 4.69) is 31.0 Å². The fourth-order valence-corrected chi connectivity index (χ4v) is 2.19. The fourth-order valence-electron chi connectivity index (χ4n) is 1.81. The van der Waals surface area contributed by atoms with Crippen molar-refractivity contribution < 1.29 is 9.90 Å². The van der Waals surface area contributed by atoms with Gasteiger partial charge in [-0.2, -0.15) is 5.10 Å². The second kappa shape index (κ2) is 4.96. The van der Waals surface area contributed by atoms with Crippen LogP contribution in [0.4, 0.5) is 0 Å². The van der Waals surface area contributed by atoms with Gasteiger partial charge in [0, 0.05) is 11.3 Å². The third-order valence-corrected chi connectivity index (χ3v) is 3.46. The molecule has 0 aromatic carbocycles. The third-order valence-electron chi connectivity index (χ3n) is 2.75. The van der Waals surface area contributed by atoms with E-state index in [9.17, 15) is 9.59 Å². The van der Waals surface area contributed by atoms with E-state index in [4.69, 9.17) is 5.11 Å². The molecule has 0 aliphatic rings. The van der Waals surface area contributed by atoms with Crippen molar-refractivity contribution in [2.24, 2.45) is 0 Å². The van der Waals surface area contributed by atoms with Crippen molar-refractivity contribution in [3.05, 3.63) is 38.1 Å². The van der Waals surface area contributed by atoms with Gasteiger partial charge in [-0.05, 0) is 29.8 Å². The average molecular weight is 327 g/mol. The Hall–Kier alpha value is -1.96. The van der Waals surface area contributed by atoms with Crippen LogP contribution < -0.4 is 5.56 Å². The maximum atomic E-state index is 11.5. The SMILES string of the molecule is Cc1nn(-c2nc[nH]c(=O)c2Br)c(C)c1CC(=O)O. The lowest BCUT2D eigenvalue weighted by molar-refractivity contribution is -0.136. The number of hydrogen-bond donors (Lipinski definition) is 2. The molecule has 0 saturated carbocycles. The van der Waals surface area contributed by atoms with Crippen LogP contribution in [0.1, 0.15) is 17.0 Å². The first-order valence-electron chi connectivity index (χ1n) is 5.42. The van der Waals surface area contributed by atoms with E-state index in [1.54, 1.807) is 13.8 Å². The number of aromatic amines is 1. The van der Waals surface area contributed by atoms with Crippen LogP contribution in [-0.4, -0.2) is 30.8 Å². The molecule has 0 aliphatic carbocycles. The zero-order valence-corrected chi connectivity index (χ0v) is 11.9. The molecule has 19 heavy (non-hydrogen) atoms. The molecule has 2 aromatic rings. The Bertz CT molecular complexity index is 704. The van der Waals surface area contributed by atoms with E-state index in [0.29, 0.717) is 22.8 Å². The van der Waals surface area contributed by atoms with Gasteiger partial charge in [-0.25, -0.2) is 9.67 Å². The van der Waals surface area contributed by atoms with Crippen molar-refractivity contribution in [2.45, 2.75) is 20.3 Å². The Balaban J connectivity index is 2.61. The maximum Gasteiger partial charge on any atom is 0.307 e. The van der Waals surface area contributed by atoms with E-state index in [1.807, 2.05) is 0 Å². The molecule has 2 N–H and O–H groups in total. The zero-order valence-electron chi connectivity index (χ0n) is 10.3. The summed E-state index contributed by atoms with van der Waals surface area (Å²) in [6.07, 6.45) is 1.16. The van der Waals surface area contributed by atoms with Gasteiger partial charge in [-0.1, -0.05) is 0 Å². The molecule has 100 valence electrons. The lowest BCUT2D eigenvalue weighted by Gasteiger charge is -2.05. The Morgan fingerprint density at radius 3 is 2.84 bits per heavy atom. The van der Waals surface area contributed by atoms with E-state index in [0.717, 1.165) is 0 Å². The van der Waals surface area contributed by atoms with Gasteiger partial charge in [0.05, 0.1) is 18.4 Å². The number of nitrogens with one attached hydrogen (secondary N) is 1. The van der Waals surface area contributed by atoms with Crippen LogP contribution in [0.2, 0.25) is 0 Å². The van der Waals surface area contributed by atoms with Crippen molar-refractivity contribution in [3.63, 3.8) is 0 Å². The van der Waals surface area contributed by atoms with Crippen LogP contribution in [0.5, 0.6) is 0 Å². The molecule has 0 amide bonds. The quantitative estimate of drug-likeness (QED) is 0.874. The maximum absolute atomic E-state index is 11.5. The molecule has 0 spiro atoms. The summed E-state index contributed by atoms with van der Waals surface area (Å²) in [7, 11) is 0. The second-order valence-corrected chi connectivity index (χ2v) is 4.79. The minimum Gasteiger partial charge on any atom is -0.481 e. The van der Waals surface area contributed by atoms with Gasteiger partial charge < -0.3 is 10.1 Å². The average Bonchev–Trinajstić information content (AvgIpc) is 2.60. The normalized spacial score (nSPS) is 10.7. The number of aliphatic carboxylic acids is 1. The van der Waals surface area contributed by atoms with Crippen LogP contribution in [0.15, 0.2) is 15.6 Å². The molecule has 0 bridgehead atoms. The topological polar surface area (TPSA) is 101 Å². The molecule has 7 nitrogen and oxygen atoms in total. The number of carboxylic acids is 1. The van der Waals surface area contributed by atoms with Crippen molar-refractivity contribution in [1.82, 2.24) is 19.7 Å². The van der Waals surface area contributed by atoms with Gasteiger partial charge >= 0.3 is 5.97 Å². The summed E-state index contributed by atoms with van der Waals surface area (Å²) in [6, 6.07) is 0. The van der Waals surface area contributed by atoms with Crippen LogP contribution in [-0.2, 0) is 11.2 Å². The molecule has 0 radical (unpaired) electrons. The Labute approximate surface area is 116 Å². The van der Waals surface area contributed by atoms with Gasteiger partial charge in [0.2, 0.25) is 0 Å². The molecule has 2 rings (SSSR count). The summed E-state index contributed by atoms with van der Waals surface area (Å²) in [5.41, 5.74) is 1.56. The van der Waals surface area contributed by atoms with E-state index in [1.165, 1.54) is 11.0 Å². The number of carboxylic acid groups (broad SMARTS) is 1. The van der Waals surface area contributed by atoms with Crippen LogP contribution in [0.25, 0.3) is 5.82 Å². The molecular formula is C11H11BrN4O3. The number of H-pyrrole nitrogens is 1. The van der Waals surface area contributed by atoms with Crippen molar-refractivity contribution in [2.75, 3.05) is 0 Å². The van der Waals surface area contributed by atoms with Crippen molar-refractivity contribution in [1.29, 1.82) is 0 Å². The second-order valence-electron chi connectivity index (χ2n) is 4.00. The molecule has 8 heteroatoms. The van der Waals surface area contributed by atoms with Crippen LogP contribution in [0.3, 0.4) is 0 Å². The van der Waals surface area contributed by atoms with Gasteiger partial charge in [0.1, 0.15) is 4.47 Å². The van der Waals surface area contributed by atoms with Gasteiger partial charge in [-0.15, -0.1) is 0 Å². The van der Waals surface area contributed by atoms with E-state index in [-0.39, 0.29) is 16.5 Å². The fraction of sp³-hybridized carbons (Fsp3) is 0.273. The summed E-state index contributed by atoms with van der Waals surface area (Å²) >= 11 is 3.15. The highest BCUT2D eigenvalue weighted by Crippen LogP contribution is 2.20. The van der Waals surface area contributed by atoms with Crippen molar-refractivity contribution in [3.8, 4) is 5.82 Å². The highest BCUT2D eigenvalue weighted by Gasteiger charge is 2.18. The molecule has 0 atom stereocenters. The molecule has 2 heterocycles. The van der Waals surface area contributed by atoms with E-state index >= 15 is 0 Å². The highest BCUT2D eigenvalue weighted by molar-refractivity contribution is 9.10. The minimum atomic E-state index is -0.927. The molecule has 2 aromatic heterocycles. The molecule has 0 saturated heterocycles. The van der Waals surface area contributed by atoms with Crippen LogP contribution in [0, 0.1) is 13.8 Å². The summed E-state index contributed by atoms with van der Waals surface area (Å²) in [5.74, 6) is -0.593. The number of nitrogens with zero attached hydrogens (tertiary/aromatic N) is 3. The van der Waals surface area contributed by atoms with Gasteiger partial charge in [0.15, 0.2) is 5.82 Å². The first kappa shape index (κ1) is 13.5. The number of carbonyl (C=O) groups is 1. The predicted octanol–water partition coefficient (Wildman–Crippen LogP) is 0.962. The van der Waals surface area contributed by atoms with E-state index < -0.39 is 5.97 Å². The predicted molar refractivity (Wildman–Crippen MR) is 70.5 cm³/mol. The highest BCUT2D eigenvalue weighted by atomic mass is 79.9. The molecule has 0 fully saturated rings. The Kier molecular flexibility index (Phi) is 3.52. The lowest BCUT2D eigenvalue weighted by atomic mass is 10.1. The molecular weight excluding hydrogens is 316 g/mol. The Morgan fingerprint density at radius 1 is 1.53 bits per heavy atom. The number of halogens is 1. The standard InChI is InChI=1S/C11H11BrN4O3/c1-5-7(3-8(17)18)6(2)16(15-5)10-9(12)11(19)14-4-13-10/h4H,3H2,1-2H3,(H,17,18)(H,13,14,19).